The molecule has 0 spiro atoms. The van der Waals surface area contributed by atoms with Crippen LogP contribution in [0.1, 0.15) is 58.7 Å². The van der Waals surface area contributed by atoms with Crippen molar-refractivity contribution in [3.8, 4) is 22.6 Å². The summed E-state index contributed by atoms with van der Waals surface area (Å²) in [5, 5.41) is 23.1. The predicted molar refractivity (Wildman–Crippen MR) is 185 cm³/mol. The van der Waals surface area contributed by atoms with Crippen molar-refractivity contribution >= 4 is 28.4 Å². The number of benzene rings is 2. The summed E-state index contributed by atoms with van der Waals surface area (Å²) in [7, 11) is 1.20. The Morgan fingerprint density at radius 3 is 2.39 bits per heavy atom. The van der Waals surface area contributed by atoms with Crippen LogP contribution in [0.3, 0.4) is 0 Å². The van der Waals surface area contributed by atoms with Crippen LogP contribution in [0.2, 0.25) is 0 Å². The first-order valence-electron chi connectivity index (χ1n) is 16.3. The number of aliphatic hydroxyl groups is 1. The molecular weight excluding hydrogens is 671 g/mol. The van der Waals surface area contributed by atoms with Gasteiger partial charge >= 0.3 is 17.3 Å². The van der Waals surface area contributed by atoms with Crippen LogP contribution >= 0.6 is 0 Å². The molecule has 0 unspecified atom stereocenters. The van der Waals surface area contributed by atoms with Crippen molar-refractivity contribution in [3.05, 3.63) is 85.7 Å². The van der Waals surface area contributed by atoms with Gasteiger partial charge < -0.3 is 24.4 Å². The van der Waals surface area contributed by atoms with E-state index in [0.717, 1.165) is 16.7 Å². The Hall–Kier alpha value is -5.18. The number of hydrogen-bond acceptors (Lipinski definition) is 9. The van der Waals surface area contributed by atoms with E-state index in [1.807, 2.05) is 0 Å². The Labute approximate surface area is 292 Å². The molecule has 0 radical (unpaired) electrons. The predicted octanol–water partition coefficient (Wildman–Crippen LogP) is 6.63. The number of ether oxygens (including phenoxy) is 2. The summed E-state index contributed by atoms with van der Waals surface area (Å²) in [6.45, 7) is 10.8. The molecular formula is C36H40F3N5O7. The number of methoxy groups -OCH3 is 1. The molecule has 0 bridgehead atoms. The van der Waals surface area contributed by atoms with E-state index in [1.54, 1.807) is 54.5 Å². The molecule has 51 heavy (non-hydrogen) atoms. The van der Waals surface area contributed by atoms with Gasteiger partial charge in [0.05, 0.1) is 52.7 Å². The molecule has 12 nitrogen and oxygen atoms in total. The lowest BCUT2D eigenvalue weighted by atomic mass is 9.96. The van der Waals surface area contributed by atoms with Gasteiger partial charge in [0.15, 0.2) is 5.82 Å². The van der Waals surface area contributed by atoms with Gasteiger partial charge in [-0.05, 0) is 70.4 Å². The number of pyridine rings is 2. The second kappa shape index (κ2) is 13.9. The number of hydrogen-bond donors (Lipinski definition) is 1. The lowest BCUT2D eigenvalue weighted by Gasteiger charge is -2.45. The van der Waals surface area contributed by atoms with Crippen LogP contribution in [-0.4, -0.2) is 75.1 Å². The van der Waals surface area contributed by atoms with E-state index in [2.05, 4.69) is 4.98 Å². The highest BCUT2D eigenvalue weighted by atomic mass is 19.1. The molecule has 1 N–H and O–H groups in total. The molecule has 1 saturated heterocycles. The summed E-state index contributed by atoms with van der Waals surface area (Å²) in [6.07, 6.45) is 0.782. The number of rotatable bonds is 7. The first-order chi connectivity index (χ1) is 23.9. The van der Waals surface area contributed by atoms with Crippen molar-refractivity contribution in [1.82, 2.24) is 14.5 Å². The molecule has 1 fully saturated rings. The number of aliphatic hydroxyl groups excluding tert-OH is 1. The van der Waals surface area contributed by atoms with E-state index < -0.39 is 91.7 Å². The maximum Gasteiger partial charge on any atom is 0.410 e. The number of carbonyl (C=O) groups excluding carboxylic acids is 1. The molecule has 4 aromatic rings. The number of halogens is 3. The molecule has 2 aromatic heterocycles. The number of piperazine rings is 1. The number of amides is 1. The standard InChI is InChI=1S/C36H40F3N5O7/c1-18(2)29-30(19(3)12-13-40-29)43-31-22(14-24(38)27(28(31)39)26-23(37)10-9-11-25(26)50-8)32(33(34(43)46)44(48)49)42-15-20(4)41(16-21(42)17-45)35(47)51-36(5,6)7/h9-14,18,20-21,45H,15-17H2,1-8H3/t20-,21-/m1/s1. The van der Waals surface area contributed by atoms with E-state index in [9.17, 15) is 24.8 Å². The minimum Gasteiger partial charge on any atom is -0.496 e. The average Bonchev–Trinajstić information content (AvgIpc) is 3.04. The zero-order valence-corrected chi connectivity index (χ0v) is 29.6. The fourth-order valence-corrected chi connectivity index (χ4v) is 6.59. The zero-order valence-electron chi connectivity index (χ0n) is 29.6. The van der Waals surface area contributed by atoms with Crippen LogP contribution < -0.4 is 15.2 Å². The molecule has 1 aliphatic heterocycles. The number of fused-ring (bicyclic) bond motifs is 1. The van der Waals surface area contributed by atoms with Crippen molar-refractivity contribution in [3.63, 3.8) is 0 Å². The summed E-state index contributed by atoms with van der Waals surface area (Å²) < 4.78 is 60.9. The number of aromatic nitrogens is 2. The van der Waals surface area contributed by atoms with Gasteiger partial charge in [-0.2, -0.15) is 0 Å². The average molecular weight is 712 g/mol. The molecule has 2 aromatic carbocycles. The molecule has 0 aliphatic carbocycles. The van der Waals surface area contributed by atoms with Gasteiger partial charge in [-0.15, -0.1) is 0 Å². The Bertz CT molecular complexity index is 2100. The summed E-state index contributed by atoms with van der Waals surface area (Å²) >= 11 is 0. The zero-order chi connectivity index (χ0) is 37.7. The van der Waals surface area contributed by atoms with E-state index in [1.165, 1.54) is 35.2 Å². The fourth-order valence-electron chi connectivity index (χ4n) is 6.59. The van der Waals surface area contributed by atoms with Crippen molar-refractivity contribution in [2.45, 2.75) is 72.1 Å². The number of anilines is 1. The molecule has 272 valence electrons. The fraction of sp³-hybridized carbons (Fsp3) is 0.417. The van der Waals surface area contributed by atoms with Gasteiger partial charge in [0.2, 0.25) is 0 Å². The maximum absolute atomic E-state index is 17.4. The van der Waals surface area contributed by atoms with Crippen LogP contribution in [-0.2, 0) is 4.74 Å². The molecule has 5 rings (SSSR count). The van der Waals surface area contributed by atoms with E-state index >= 15 is 13.2 Å². The van der Waals surface area contributed by atoms with Gasteiger partial charge in [-0.1, -0.05) is 19.9 Å². The second-order valence-corrected chi connectivity index (χ2v) is 13.8. The SMILES string of the molecule is COc1cccc(F)c1-c1c(F)cc2c(N3C[C@@H](C)N(C(=O)OC(C)(C)C)C[C@@H]3CO)c([N+](=O)[O-])c(=O)n(-c3c(C)ccnc3C(C)C)c2c1F. The highest BCUT2D eigenvalue weighted by Gasteiger charge is 2.42. The van der Waals surface area contributed by atoms with Gasteiger partial charge in [-0.25, -0.2) is 18.0 Å². The van der Waals surface area contributed by atoms with Crippen molar-refractivity contribution < 1.29 is 37.5 Å². The highest BCUT2D eigenvalue weighted by molar-refractivity contribution is 6.01. The normalized spacial score (nSPS) is 16.6. The molecule has 15 heteroatoms. The first kappa shape index (κ1) is 37.1. The van der Waals surface area contributed by atoms with Crippen LogP contribution in [0.15, 0.2) is 41.3 Å². The largest absolute Gasteiger partial charge is 0.496 e. The maximum atomic E-state index is 17.4. The monoisotopic (exact) mass is 711 g/mol. The van der Waals surface area contributed by atoms with Crippen molar-refractivity contribution in [2.75, 3.05) is 31.7 Å². The third-order valence-electron chi connectivity index (χ3n) is 8.82. The Kier molecular flexibility index (Phi) is 10.1. The molecule has 2 atom stereocenters. The number of nitrogens with zero attached hydrogens (tertiary/aromatic N) is 5. The lowest BCUT2D eigenvalue weighted by Crippen LogP contribution is -2.61. The van der Waals surface area contributed by atoms with Gasteiger partial charge in [0.1, 0.15) is 28.7 Å². The minimum absolute atomic E-state index is 0.0379. The first-order valence-corrected chi connectivity index (χ1v) is 16.3. The van der Waals surface area contributed by atoms with Crippen LogP contribution in [0.25, 0.3) is 27.7 Å². The number of carbonyl (C=O) groups is 1. The summed E-state index contributed by atoms with van der Waals surface area (Å²) in [4.78, 5) is 46.9. The van der Waals surface area contributed by atoms with E-state index in [0.29, 0.717) is 11.3 Å². The topological polar surface area (TPSA) is 140 Å². The summed E-state index contributed by atoms with van der Waals surface area (Å²) in [6, 6.07) is 4.19. The minimum atomic E-state index is -1.39. The second-order valence-electron chi connectivity index (χ2n) is 13.8. The highest BCUT2D eigenvalue weighted by Crippen LogP contribution is 2.44. The number of nitro groups is 1. The third kappa shape index (κ3) is 6.57. The Balaban J connectivity index is 1.95. The van der Waals surface area contributed by atoms with Crippen LogP contribution in [0, 0.1) is 34.5 Å². The summed E-state index contributed by atoms with van der Waals surface area (Å²) in [5.41, 5.74) is -4.88. The van der Waals surface area contributed by atoms with Crippen molar-refractivity contribution in [1.29, 1.82) is 0 Å². The third-order valence-corrected chi connectivity index (χ3v) is 8.82. The molecule has 0 saturated carbocycles. The Morgan fingerprint density at radius 2 is 1.80 bits per heavy atom. The quantitative estimate of drug-likeness (QED) is 0.165. The van der Waals surface area contributed by atoms with Crippen LogP contribution in [0.5, 0.6) is 5.75 Å². The van der Waals surface area contributed by atoms with Crippen LogP contribution in [0.4, 0.5) is 29.3 Å². The van der Waals surface area contributed by atoms with E-state index in [4.69, 9.17) is 9.47 Å². The van der Waals surface area contributed by atoms with Gasteiger partial charge in [0, 0.05) is 30.7 Å². The molecule has 3 heterocycles. The van der Waals surface area contributed by atoms with E-state index in [-0.39, 0.29) is 30.4 Å². The summed E-state index contributed by atoms with van der Waals surface area (Å²) in [5.74, 6) is -4.26. The number of aryl methyl sites for hydroxylation is 1. The van der Waals surface area contributed by atoms with Crippen molar-refractivity contribution in [2.24, 2.45) is 0 Å². The molecule has 1 amide bonds. The lowest BCUT2D eigenvalue weighted by molar-refractivity contribution is -0.385. The molecule has 1 aliphatic rings. The smallest absolute Gasteiger partial charge is 0.410 e. The van der Waals surface area contributed by atoms with Gasteiger partial charge in [-0.3, -0.25) is 24.5 Å². The Morgan fingerprint density at radius 1 is 1.12 bits per heavy atom. The van der Waals surface area contributed by atoms with Gasteiger partial charge in [0.25, 0.3) is 0 Å².